The minimum atomic E-state index is -0.927. The van der Waals surface area contributed by atoms with Gasteiger partial charge in [-0.1, -0.05) is 120 Å². The number of rotatable bonds is 35. The Labute approximate surface area is 329 Å². The first-order valence-electron chi connectivity index (χ1n) is 21.1. The Kier molecular flexibility index (Phi) is 41.9. The minimum absolute atomic E-state index is 0.0123. The second kappa shape index (κ2) is 42.6. The van der Waals surface area contributed by atoms with Crippen LogP contribution in [0.15, 0.2) is 60.8 Å². The van der Waals surface area contributed by atoms with Gasteiger partial charge < -0.3 is 19.7 Å². The van der Waals surface area contributed by atoms with Gasteiger partial charge in [0.05, 0.1) is 12.2 Å². The van der Waals surface area contributed by atoms with Gasteiger partial charge in [0.15, 0.2) is 5.78 Å². The van der Waals surface area contributed by atoms with Crippen LogP contribution in [0.5, 0.6) is 0 Å². The molecule has 0 aliphatic carbocycles. The average Bonchev–Trinajstić information content (AvgIpc) is 3.13. The molecular formula is C46H78O8. The molecule has 0 amide bonds. The van der Waals surface area contributed by atoms with Crippen molar-refractivity contribution in [2.45, 2.75) is 194 Å². The molecule has 0 radical (unpaired) electrons. The van der Waals surface area contributed by atoms with Crippen molar-refractivity contribution in [1.29, 1.82) is 0 Å². The molecule has 8 heteroatoms. The zero-order valence-electron chi connectivity index (χ0n) is 34.7. The van der Waals surface area contributed by atoms with Crippen molar-refractivity contribution in [2.24, 2.45) is 0 Å². The zero-order chi connectivity index (χ0) is 40.3. The molecule has 0 aliphatic heterocycles. The molecule has 2 unspecified atom stereocenters. The van der Waals surface area contributed by atoms with Crippen molar-refractivity contribution in [3.05, 3.63) is 60.8 Å². The van der Waals surface area contributed by atoms with Crippen molar-refractivity contribution in [3.8, 4) is 0 Å². The fraction of sp³-hybridized carbons (Fsp3) is 0.696. The molecule has 310 valence electrons. The van der Waals surface area contributed by atoms with Crippen LogP contribution in [0.25, 0.3) is 0 Å². The van der Waals surface area contributed by atoms with E-state index in [2.05, 4.69) is 71.9 Å². The van der Waals surface area contributed by atoms with E-state index in [1.54, 1.807) is 0 Å². The van der Waals surface area contributed by atoms with Crippen molar-refractivity contribution in [2.75, 3.05) is 13.2 Å². The van der Waals surface area contributed by atoms with Crippen LogP contribution in [-0.2, 0) is 28.7 Å². The molecule has 0 aromatic carbocycles. The van der Waals surface area contributed by atoms with Gasteiger partial charge in [0, 0.05) is 33.1 Å². The average molecular weight is 759 g/mol. The normalized spacial score (nSPS) is 12.9. The summed E-state index contributed by atoms with van der Waals surface area (Å²) in [5, 5.41) is 19.1. The third-order valence-corrected chi connectivity index (χ3v) is 8.39. The maximum atomic E-state index is 11.7. The second-order valence-electron chi connectivity index (χ2n) is 14.0. The Bertz CT molecular complexity index is 1050. The lowest BCUT2D eigenvalue weighted by atomic mass is 10.0. The molecule has 2 N–H and O–H groups in total. The molecule has 0 aromatic rings. The number of unbranched alkanes of at least 4 members (excludes halogenated alkanes) is 15. The van der Waals surface area contributed by atoms with Crippen LogP contribution in [0.1, 0.15) is 182 Å². The van der Waals surface area contributed by atoms with Gasteiger partial charge in [-0.3, -0.25) is 19.2 Å². The van der Waals surface area contributed by atoms with Crippen molar-refractivity contribution < 1.29 is 38.9 Å². The van der Waals surface area contributed by atoms with Crippen LogP contribution in [0.4, 0.5) is 0 Å². The summed E-state index contributed by atoms with van der Waals surface area (Å²) in [6, 6.07) is 0. The Morgan fingerprint density at radius 1 is 0.481 bits per heavy atom. The lowest BCUT2D eigenvalue weighted by molar-refractivity contribution is -0.145. The van der Waals surface area contributed by atoms with E-state index >= 15 is 0 Å². The molecule has 8 nitrogen and oxygen atoms in total. The summed E-state index contributed by atoms with van der Waals surface area (Å²) in [4.78, 5) is 44.6. The SMILES string of the molecule is CCCCC/C=C\C/C=C\CCCCC/C=C/C(=O)CC(O)COC(C)=O.CCCCC/C=C\C/C=C\CCCCCCCC(=O)CC(O)COC(C)=O. The number of allylic oxidation sites excluding steroid dienone is 10. The van der Waals surface area contributed by atoms with E-state index in [9.17, 15) is 29.4 Å². The van der Waals surface area contributed by atoms with Crippen molar-refractivity contribution in [1.82, 2.24) is 0 Å². The Morgan fingerprint density at radius 3 is 1.30 bits per heavy atom. The lowest BCUT2D eigenvalue weighted by Gasteiger charge is -2.09. The highest BCUT2D eigenvalue weighted by Gasteiger charge is 2.12. The summed E-state index contributed by atoms with van der Waals surface area (Å²) >= 11 is 0. The molecule has 54 heavy (non-hydrogen) atoms. The van der Waals surface area contributed by atoms with E-state index in [0.717, 1.165) is 64.2 Å². The molecular weight excluding hydrogens is 680 g/mol. The standard InChI is InChI=1S/C23H40O4.C23H38O4/c2*1-3-4-5-6-7-8-9-10-11-12-13-14-15-16-17-18-22(25)19-23(26)20-27-21(2)24/h7-8,10-11,23,26H,3-6,9,12-20H2,1-2H3;7-8,10-11,17-18,23,26H,3-6,9,12-16,19-20H2,1-2H3/b8-7-,11-10-;8-7-,11-10-,18-17+. The molecule has 0 saturated carbocycles. The van der Waals surface area contributed by atoms with E-state index in [0.29, 0.717) is 6.42 Å². The number of carbonyl (C=O) groups excluding carboxylic acids is 4. The minimum Gasteiger partial charge on any atom is -0.463 e. The molecule has 0 fully saturated rings. The van der Waals surface area contributed by atoms with E-state index in [1.807, 2.05) is 6.08 Å². The summed E-state index contributed by atoms with van der Waals surface area (Å²) in [7, 11) is 0. The highest BCUT2D eigenvalue weighted by molar-refractivity contribution is 5.89. The van der Waals surface area contributed by atoms with E-state index in [-0.39, 0.29) is 37.6 Å². The number of aliphatic hydroxyl groups excluding tert-OH is 2. The first kappa shape index (κ1) is 53.0. The molecule has 0 bridgehead atoms. The van der Waals surface area contributed by atoms with E-state index in [4.69, 9.17) is 0 Å². The molecule has 0 heterocycles. The quantitative estimate of drug-likeness (QED) is 0.0283. The Balaban J connectivity index is 0. The predicted octanol–water partition coefficient (Wildman–Crippen LogP) is 11.1. The van der Waals surface area contributed by atoms with Crippen LogP contribution < -0.4 is 0 Å². The first-order chi connectivity index (χ1) is 26.1. The number of ether oxygens (including phenoxy) is 2. The Morgan fingerprint density at radius 2 is 0.852 bits per heavy atom. The van der Waals surface area contributed by atoms with Crippen LogP contribution in [0.3, 0.4) is 0 Å². The third kappa shape index (κ3) is 46.9. The molecule has 0 aliphatic rings. The number of carbonyl (C=O) groups is 4. The number of Topliss-reactive ketones (excluding diaryl/α,β-unsaturated/α-hetero) is 1. The van der Waals surface area contributed by atoms with Crippen LogP contribution in [0, 0.1) is 0 Å². The van der Waals surface area contributed by atoms with Gasteiger partial charge >= 0.3 is 11.9 Å². The summed E-state index contributed by atoms with van der Waals surface area (Å²) in [5.41, 5.74) is 0. The number of hydrogen-bond acceptors (Lipinski definition) is 8. The van der Waals surface area contributed by atoms with Gasteiger partial charge in [0.2, 0.25) is 0 Å². The number of ketones is 2. The molecule has 0 aromatic heterocycles. The largest absolute Gasteiger partial charge is 0.463 e. The summed E-state index contributed by atoms with van der Waals surface area (Å²) in [6.07, 6.45) is 44.4. The maximum Gasteiger partial charge on any atom is 0.302 e. The van der Waals surface area contributed by atoms with Crippen LogP contribution >= 0.6 is 0 Å². The predicted molar refractivity (Wildman–Crippen MR) is 223 cm³/mol. The van der Waals surface area contributed by atoms with Gasteiger partial charge in [-0.15, -0.1) is 0 Å². The summed E-state index contributed by atoms with van der Waals surface area (Å²) in [5.74, 6) is -0.985. The molecule has 0 spiro atoms. The van der Waals surface area contributed by atoms with Crippen LogP contribution in [-0.4, -0.2) is 59.1 Å². The van der Waals surface area contributed by atoms with E-state index < -0.39 is 24.1 Å². The first-order valence-corrected chi connectivity index (χ1v) is 21.1. The fourth-order valence-corrected chi connectivity index (χ4v) is 5.28. The van der Waals surface area contributed by atoms with Gasteiger partial charge in [-0.2, -0.15) is 0 Å². The van der Waals surface area contributed by atoms with E-state index in [1.165, 1.54) is 90.6 Å². The molecule has 0 saturated heterocycles. The van der Waals surface area contributed by atoms with Crippen molar-refractivity contribution >= 4 is 23.5 Å². The Hall–Kier alpha value is -3.10. The smallest absolute Gasteiger partial charge is 0.302 e. The second-order valence-corrected chi connectivity index (χ2v) is 14.0. The molecule has 2 atom stereocenters. The van der Waals surface area contributed by atoms with Gasteiger partial charge in [-0.05, 0) is 89.5 Å². The third-order valence-electron chi connectivity index (χ3n) is 8.39. The lowest BCUT2D eigenvalue weighted by Crippen LogP contribution is -2.20. The van der Waals surface area contributed by atoms with Crippen molar-refractivity contribution in [3.63, 3.8) is 0 Å². The monoisotopic (exact) mass is 759 g/mol. The van der Waals surface area contributed by atoms with Gasteiger partial charge in [0.1, 0.15) is 19.0 Å². The fourth-order valence-electron chi connectivity index (χ4n) is 5.28. The van der Waals surface area contributed by atoms with Gasteiger partial charge in [0.25, 0.3) is 0 Å². The van der Waals surface area contributed by atoms with Gasteiger partial charge in [-0.25, -0.2) is 0 Å². The number of aliphatic hydroxyl groups is 2. The maximum absolute atomic E-state index is 11.7. The number of hydrogen-bond donors (Lipinski definition) is 2. The molecule has 0 rings (SSSR count). The summed E-state index contributed by atoms with van der Waals surface area (Å²) in [6.45, 7) is 6.80. The highest BCUT2D eigenvalue weighted by Crippen LogP contribution is 2.10. The topological polar surface area (TPSA) is 127 Å². The highest BCUT2D eigenvalue weighted by atomic mass is 16.5. The number of esters is 2. The summed E-state index contributed by atoms with van der Waals surface area (Å²) < 4.78 is 9.35. The van der Waals surface area contributed by atoms with Crippen LogP contribution in [0.2, 0.25) is 0 Å². The zero-order valence-corrected chi connectivity index (χ0v) is 34.7.